The molecule has 1 heterocycles. The minimum Gasteiger partial charge on any atom is -0.260 e. The van der Waals surface area contributed by atoms with E-state index in [2.05, 4.69) is 41.5 Å². The van der Waals surface area contributed by atoms with Gasteiger partial charge in [0, 0.05) is 12.1 Å². The van der Waals surface area contributed by atoms with E-state index >= 15 is 0 Å². The van der Waals surface area contributed by atoms with Crippen LogP contribution in [-0.2, 0) is 6.42 Å². The standard InChI is InChI=1S/C15H13N/c1-2-6-12-10(4-1)8-14-15-11(9-16-14)5-3-7-13(12)15/h1-2,4,6,8-9,11H,3,5,7H2. The van der Waals surface area contributed by atoms with E-state index in [9.17, 15) is 0 Å². The lowest BCUT2D eigenvalue weighted by atomic mass is 9.81. The molecule has 0 spiro atoms. The molecular weight excluding hydrogens is 194 g/mol. The lowest BCUT2D eigenvalue weighted by molar-refractivity contribution is 0.668. The maximum Gasteiger partial charge on any atom is 0.0673 e. The molecule has 78 valence electrons. The highest BCUT2D eigenvalue weighted by Crippen LogP contribution is 2.44. The van der Waals surface area contributed by atoms with Crippen LogP contribution in [0.4, 0.5) is 5.69 Å². The van der Waals surface area contributed by atoms with Crippen molar-refractivity contribution in [2.24, 2.45) is 4.99 Å². The van der Waals surface area contributed by atoms with Crippen LogP contribution in [0.25, 0.3) is 10.8 Å². The first-order valence-electron chi connectivity index (χ1n) is 6.02. The third-order valence-corrected chi connectivity index (χ3v) is 3.89. The van der Waals surface area contributed by atoms with Gasteiger partial charge in [-0.3, -0.25) is 4.99 Å². The fourth-order valence-electron chi connectivity index (χ4n) is 3.17. The number of benzene rings is 2. The SMILES string of the molecule is C1=Nc2cc3ccccc3c3c2C1CCC3. The Morgan fingerprint density at radius 3 is 3.12 bits per heavy atom. The zero-order chi connectivity index (χ0) is 10.5. The summed E-state index contributed by atoms with van der Waals surface area (Å²) in [7, 11) is 0. The van der Waals surface area contributed by atoms with Gasteiger partial charge in [0.25, 0.3) is 0 Å². The summed E-state index contributed by atoms with van der Waals surface area (Å²) in [6.45, 7) is 0. The second kappa shape index (κ2) is 2.94. The van der Waals surface area contributed by atoms with Crippen molar-refractivity contribution < 1.29 is 0 Å². The van der Waals surface area contributed by atoms with Gasteiger partial charge in [-0.1, -0.05) is 24.3 Å². The molecule has 2 aromatic rings. The zero-order valence-electron chi connectivity index (χ0n) is 9.11. The molecule has 1 aliphatic carbocycles. The number of aliphatic imine (C=N–C) groups is 1. The summed E-state index contributed by atoms with van der Waals surface area (Å²) >= 11 is 0. The molecule has 1 heteroatoms. The summed E-state index contributed by atoms with van der Waals surface area (Å²) in [5.41, 5.74) is 4.30. The van der Waals surface area contributed by atoms with Gasteiger partial charge in [-0.05, 0) is 47.2 Å². The topological polar surface area (TPSA) is 12.4 Å². The van der Waals surface area contributed by atoms with Gasteiger partial charge < -0.3 is 0 Å². The van der Waals surface area contributed by atoms with Crippen LogP contribution in [0.5, 0.6) is 0 Å². The summed E-state index contributed by atoms with van der Waals surface area (Å²) in [6, 6.07) is 11.0. The van der Waals surface area contributed by atoms with Crippen molar-refractivity contribution in [3.05, 3.63) is 41.5 Å². The quantitative estimate of drug-likeness (QED) is 0.619. The number of fused-ring (bicyclic) bond motifs is 2. The van der Waals surface area contributed by atoms with Crippen molar-refractivity contribution in [1.29, 1.82) is 0 Å². The molecule has 2 aliphatic rings. The third kappa shape index (κ3) is 0.981. The summed E-state index contributed by atoms with van der Waals surface area (Å²) in [5, 5.41) is 2.78. The molecule has 1 aliphatic heterocycles. The van der Waals surface area contributed by atoms with Gasteiger partial charge in [-0.2, -0.15) is 0 Å². The molecule has 16 heavy (non-hydrogen) atoms. The van der Waals surface area contributed by atoms with Crippen LogP contribution in [0.15, 0.2) is 35.3 Å². The number of hydrogen-bond donors (Lipinski definition) is 0. The Bertz CT molecular complexity index is 610. The molecular formula is C15H13N. The predicted octanol–water partition coefficient (Wildman–Crippen LogP) is 3.98. The van der Waals surface area contributed by atoms with Crippen LogP contribution < -0.4 is 0 Å². The zero-order valence-corrected chi connectivity index (χ0v) is 9.11. The smallest absolute Gasteiger partial charge is 0.0673 e. The molecule has 0 saturated heterocycles. The Balaban J connectivity index is 2.16. The van der Waals surface area contributed by atoms with E-state index in [1.807, 2.05) is 0 Å². The minimum atomic E-state index is 0.600. The normalized spacial score (nSPS) is 21.4. The second-order valence-electron chi connectivity index (χ2n) is 4.79. The average Bonchev–Trinajstić information content (AvgIpc) is 2.75. The Morgan fingerprint density at radius 1 is 1.19 bits per heavy atom. The second-order valence-corrected chi connectivity index (χ2v) is 4.79. The van der Waals surface area contributed by atoms with E-state index in [4.69, 9.17) is 0 Å². The summed E-state index contributed by atoms with van der Waals surface area (Å²) in [6.07, 6.45) is 5.95. The maximum absolute atomic E-state index is 4.58. The Hall–Kier alpha value is -1.63. The van der Waals surface area contributed by atoms with Crippen molar-refractivity contribution in [2.75, 3.05) is 0 Å². The van der Waals surface area contributed by atoms with Gasteiger partial charge in [-0.25, -0.2) is 0 Å². The maximum atomic E-state index is 4.58. The van der Waals surface area contributed by atoms with Crippen LogP contribution in [-0.4, -0.2) is 6.21 Å². The van der Waals surface area contributed by atoms with E-state index in [0.29, 0.717) is 5.92 Å². The Labute approximate surface area is 94.8 Å². The van der Waals surface area contributed by atoms with Gasteiger partial charge in [-0.15, -0.1) is 0 Å². The van der Waals surface area contributed by atoms with Gasteiger partial charge in [0.1, 0.15) is 0 Å². The minimum absolute atomic E-state index is 0.600. The van der Waals surface area contributed by atoms with Crippen LogP contribution in [0.2, 0.25) is 0 Å². The molecule has 0 fully saturated rings. The number of aryl methyl sites for hydroxylation is 1. The van der Waals surface area contributed by atoms with Gasteiger partial charge in [0.15, 0.2) is 0 Å². The van der Waals surface area contributed by atoms with E-state index in [1.54, 1.807) is 5.56 Å². The van der Waals surface area contributed by atoms with Crippen molar-refractivity contribution in [3.63, 3.8) is 0 Å². The fourth-order valence-corrected chi connectivity index (χ4v) is 3.17. The summed E-state index contributed by atoms with van der Waals surface area (Å²) < 4.78 is 0. The molecule has 0 aromatic heterocycles. The Kier molecular flexibility index (Phi) is 1.57. The van der Waals surface area contributed by atoms with E-state index in [1.165, 1.54) is 41.3 Å². The number of rotatable bonds is 0. The van der Waals surface area contributed by atoms with Crippen molar-refractivity contribution in [2.45, 2.75) is 25.2 Å². The average molecular weight is 207 g/mol. The highest BCUT2D eigenvalue weighted by Gasteiger charge is 2.27. The van der Waals surface area contributed by atoms with E-state index < -0.39 is 0 Å². The first kappa shape index (κ1) is 8.51. The number of nitrogens with zero attached hydrogens (tertiary/aromatic N) is 1. The lowest BCUT2D eigenvalue weighted by Gasteiger charge is -2.22. The molecule has 1 nitrogen and oxygen atoms in total. The van der Waals surface area contributed by atoms with E-state index in [0.717, 1.165) is 0 Å². The molecule has 0 saturated carbocycles. The molecule has 0 amide bonds. The third-order valence-electron chi connectivity index (χ3n) is 3.89. The van der Waals surface area contributed by atoms with Crippen molar-refractivity contribution in [3.8, 4) is 0 Å². The fraction of sp³-hybridized carbons (Fsp3) is 0.267. The first-order chi connectivity index (χ1) is 7.93. The largest absolute Gasteiger partial charge is 0.260 e. The highest BCUT2D eigenvalue weighted by atomic mass is 14.8. The van der Waals surface area contributed by atoms with Crippen LogP contribution in [0.3, 0.4) is 0 Å². The van der Waals surface area contributed by atoms with Crippen LogP contribution in [0, 0.1) is 0 Å². The molecule has 0 N–H and O–H groups in total. The molecule has 0 radical (unpaired) electrons. The predicted molar refractivity (Wildman–Crippen MR) is 67.8 cm³/mol. The monoisotopic (exact) mass is 207 g/mol. The lowest BCUT2D eigenvalue weighted by Crippen LogP contribution is -2.08. The molecule has 1 unspecified atom stereocenters. The van der Waals surface area contributed by atoms with Crippen molar-refractivity contribution in [1.82, 2.24) is 0 Å². The Morgan fingerprint density at radius 2 is 2.12 bits per heavy atom. The van der Waals surface area contributed by atoms with Crippen molar-refractivity contribution >= 4 is 22.7 Å². The summed E-state index contributed by atoms with van der Waals surface area (Å²) in [5.74, 6) is 0.600. The summed E-state index contributed by atoms with van der Waals surface area (Å²) in [4.78, 5) is 4.58. The van der Waals surface area contributed by atoms with E-state index in [-0.39, 0.29) is 0 Å². The molecule has 1 atom stereocenters. The highest BCUT2D eigenvalue weighted by molar-refractivity contribution is 5.95. The molecule has 4 rings (SSSR count). The van der Waals surface area contributed by atoms with Crippen LogP contribution >= 0.6 is 0 Å². The van der Waals surface area contributed by atoms with Gasteiger partial charge >= 0.3 is 0 Å². The van der Waals surface area contributed by atoms with Crippen LogP contribution in [0.1, 0.15) is 29.9 Å². The molecule has 2 aromatic carbocycles. The van der Waals surface area contributed by atoms with Gasteiger partial charge in [0.2, 0.25) is 0 Å². The number of hydrogen-bond acceptors (Lipinski definition) is 1. The molecule has 0 bridgehead atoms. The van der Waals surface area contributed by atoms with Gasteiger partial charge in [0.05, 0.1) is 5.69 Å². The first-order valence-corrected chi connectivity index (χ1v) is 6.02.